The molecule has 1 aromatic carbocycles. The number of benzene rings is 1. The third kappa shape index (κ3) is 4.45. The molecule has 4 aliphatic heterocycles. The maximum atomic E-state index is 14.6. The number of halogens is 2. The molecule has 2 bridgehead atoms. The molecule has 3 fully saturated rings. The number of carbonyl (C=O) groups excluding carboxylic acids is 2. The average molecular weight is 465 g/mol. The van der Waals surface area contributed by atoms with Gasteiger partial charge in [-0.2, -0.15) is 0 Å². The van der Waals surface area contributed by atoms with Crippen LogP contribution in [0.5, 0.6) is 5.75 Å². The normalized spacial score (nSPS) is 33.0. The van der Waals surface area contributed by atoms with Gasteiger partial charge in [-0.25, -0.2) is 8.78 Å². The minimum atomic E-state index is -0.736. The number of nitrogens with one attached hydrogen (secondary N) is 1. The van der Waals surface area contributed by atoms with Gasteiger partial charge in [-0.1, -0.05) is 0 Å². The fourth-order valence-electron chi connectivity index (χ4n) is 5.91. The Morgan fingerprint density at radius 2 is 1.94 bits per heavy atom. The number of rotatable bonds is 0. The molecule has 9 heteroatoms. The molecule has 7 nitrogen and oxygen atoms in total. The minimum absolute atomic E-state index is 0.0103. The Hall–Kier alpha value is -2.26. The fraction of sp³-hybridized carbons (Fsp3) is 0.667. The molecule has 1 N–H and O–H groups in total. The van der Waals surface area contributed by atoms with Gasteiger partial charge in [-0.05, 0) is 50.5 Å². The van der Waals surface area contributed by atoms with Crippen LogP contribution in [0.4, 0.5) is 8.78 Å². The second kappa shape index (κ2) is 9.18. The van der Waals surface area contributed by atoms with Crippen molar-refractivity contribution in [1.82, 2.24) is 10.2 Å². The molecule has 2 atom stereocenters. The maximum Gasteiger partial charge on any atom is 0.246 e. The van der Waals surface area contributed by atoms with Gasteiger partial charge in [0.15, 0.2) is 11.6 Å². The molecule has 0 radical (unpaired) electrons. The lowest BCUT2D eigenvalue weighted by Crippen LogP contribution is -2.72. The number of ether oxygens (including phenoxy) is 3. The van der Waals surface area contributed by atoms with Crippen LogP contribution in [-0.2, 0) is 19.1 Å². The molecule has 1 spiro atoms. The highest BCUT2D eigenvalue weighted by molar-refractivity contribution is 5.80. The maximum absolute atomic E-state index is 14.6. The second-order valence-electron chi connectivity index (χ2n) is 9.61. The van der Waals surface area contributed by atoms with E-state index in [-0.39, 0.29) is 55.3 Å². The SMILES string of the molecule is O=C1COC[C@@]2(CCCN3C(=O)CCOc4c(F)cc(F)cc4[C@H]4CC[C@H](CC4)OC[C@H]32)N1. The molecule has 1 aromatic rings. The first-order chi connectivity index (χ1) is 15.9. The van der Waals surface area contributed by atoms with E-state index in [2.05, 4.69) is 5.32 Å². The van der Waals surface area contributed by atoms with Crippen molar-refractivity contribution in [2.45, 2.75) is 68.5 Å². The monoisotopic (exact) mass is 464 g/mol. The third-order valence-corrected chi connectivity index (χ3v) is 7.54. The molecule has 4 heterocycles. The van der Waals surface area contributed by atoms with E-state index >= 15 is 0 Å². The Morgan fingerprint density at radius 3 is 2.73 bits per heavy atom. The van der Waals surface area contributed by atoms with Crippen LogP contribution >= 0.6 is 0 Å². The van der Waals surface area contributed by atoms with Gasteiger partial charge in [0.2, 0.25) is 11.8 Å². The van der Waals surface area contributed by atoms with Gasteiger partial charge >= 0.3 is 0 Å². The summed E-state index contributed by atoms with van der Waals surface area (Å²) < 4.78 is 46.3. The number of morpholine rings is 1. The van der Waals surface area contributed by atoms with E-state index in [0.29, 0.717) is 31.7 Å². The van der Waals surface area contributed by atoms with Gasteiger partial charge in [0, 0.05) is 18.2 Å². The molecule has 2 saturated heterocycles. The van der Waals surface area contributed by atoms with E-state index < -0.39 is 17.2 Å². The van der Waals surface area contributed by atoms with Crippen LogP contribution in [-0.4, -0.2) is 67.4 Å². The lowest BCUT2D eigenvalue weighted by molar-refractivity contribution is -0.155. The first-order valence-electron chi connectivity index (χ1n) is 11.9. The lowest BCUT2D eigenvalue weighted by Gasteiger charge is -2.51. The number of hydrogen-bond acceptors (Lipinski definition) is 5. The average Bonchev–Trinajstić information content (AvgIpc) is 2.79. The second-order valence-corrected chi connectivity index (χ2v) is 9.61. The molecule has 2 amide bonds. The van der Waals surface area contributed by atoms with Crippen molar-refractivity contribution in [3.63, 3.8) is 0 Å². The number of carbonyl (C=O) groups is 2. The van der Waals surface area contributed by atoms with E-state index in [0.717, 1.165) is 38.2 Å². The van der Waals surface area contributed by atoms with Gasteiger partial charge in [0.25, 0.3) is 0 Å². The molecule has 0 unspecified atom stereocenters. The number of piperidine rings is 1. The zero-order valence-electron chi connectivity index (χ0n) is 18.6. The first kappa shape index (κ1) is 22.5. The molecule has 1 aliphatic carbocycles. The Balaban J connectivity index is 1.44. The van der Waals surface area contributed by atoms with Gasteiger partial charge in [-0.15, -0.1) is 0 Å². The number of hydrogen-bond donors (Lipinski definition) is 1. The molecule has 0 aromatic heterocycles. The van der Waals surface area contributed by atoms with Crippen molar-refractivity contribution in [3.05, 3.63) is 29.3 Å². The highest BCUT2D eigenvalue weighted by Crippen LogP contribution is 2.41. The quantitative estimate of drug-likeness (QED) is 0.639. The van der Waals surface area contributed by atoms with E-state index in [1.54, 1.807) is 4.90 Å². The summed E-state index contributed by atoms with van der Waals surface area (Å²) in [4.78, 5) is 27.2. The summed E-state index contributed by atoms with van der Waals surface area (Å²) >= 11 is 0. The summed E-state index contributed by atoms with van der Waals surface area (Å²) in [6.07, 6.45) is 4.45. The van der Waals surface area contributed by atoms with Gasteiger partial charge in [0.05, 0.1) is 43.9 Å². The van der Waals surface area contributed by atoms with Crippen molar-refractivity contribution < 1.29 is 32.6 Å². The summed E-state index contributed by atoms with van der Waals surface area (Å²) in [7, 11) is 0. The van der Waals surface area contributed by atoms with E-state index in [1.807, 2.05) is 0 Å². The summed E-state index contributed by atoms with van der Waals surface area (Å²) in [5.41, 5.74) is -0.137. The molecule has 1 saturated carbocycles. The highest BCUT2D eigenvalue weighted by Gasteiger charge is 2.49. The Kier molecular flexibility index (Phi) is 6.26. The minimum Gasteiger partial charge on any atom is -0.490 e. The summed E-state index contributed by atoms with van der Waals surface area (Å²) in [6, 6.07) is 1.84. The van der Waals surface area contributed by atoms with Gasteiger partial charge in [0.1, 0.15) is 12.4 Å². The summed E-state index contributed by atoms with van der Waals surface area (Å²) in [5, 5.41) is 3.10. The van der Waals surface area contributed by atoms with Gasteiger partial charge < -0.3 is 24.4 Å². The molecule has 180 valence electrons. The predicted octanol–water partition coefficient (Wildman–Crippen LogP) is 2.67. The van der Waals surface area contributed by atoms with E-state index in [1.165, 1.54) is 6.07 Å². The van der Waals surface area contributed by atoms with Crippen LogP contribution < -0.4 is 10.1 Å². The lowest BCUT2D eigenvalue weighted by atomic mass is 9.80. The Bertz CT molecular complexity index is 916. The topological polar surface area (TPSA) is 77.1 Å². The zero-order chi connectivity index (χ0) is 23.0. The number of fused-ring (bicyclic) bond motifs is 6. The third-order valence-electron chi connectivity index (χ3n) is 7.54. The van der Waals surface area contributed by atoms with E-state index in [9.17, 15) is 18.4 Å². The largest absolute Gasteiger partial charge is 0.490 e. The van der Waals surface area contributed by atoms with Crippen molar-refractivity contribution in [2.75, 3.05) is 33.0 Å². The smallest absolute Gasteiger partial charge is 0.246 e. The molecule has 5 aliphatic rings. The fourth-order valence-corrected chi connectivity index (χ4v) is 5.91. The van der Waals surface area contributed by atoms with Crippen molar-refractivity contribution in [2.24, 2.45) is 0 Å². The van der Waals surface area contributed by atoms with Crippen LogP contribution in [0.15, 0.2) is 12.1 Å². The Labute approximate surface area is 191 Å². The first-order valence-corrected chi connectivity index (χ1v) is 11.9. The molecule has 33 heavy (non-hydrogen) atoms. The van der Waals surface area contributed by atoms with Gasteiger partial charge in [-0.3, -0.25) is 9.59 Å². The summed E-state index contributed by atoms with van der Waals surface area (Å²) in [5.74, 6) is -1.66. The van der Waals surface area contributed by atoms with Crippen LogP contribution in [0, 0.1) is 11.6 Å². The highest BCUT2D eigenvalue weighted by atomic mass is 19.1. The predicted molar refractivity (Wildman–Crippen MR) is 114 cm³/mol. The summed E-state index contributed by atoms with van der Waals surface area (Å²) in [6.45, 7) is 1.21. The standard InChI is InChI=1S/C24H30F2N2O5/c25-16-10-18-15-2-4-17(5-3-15)33-12-20-24(14-31-13-21(29)27-24)7-1-8-28(20)22(30)6-9-32-23(18)19(26)11-16/h10-11,15,17,20H,1-9,12-14H2,(H,27,29)/t15-,17+,20-,24+/m0/s1. The zero-order valence-corrected chi connectivity index (χ0v) is 18.6. The van der Waals surface area contributed by atoms with Crippen LogP contribution in [0.2, 0.25) is 0 Å². The number of amides is 2. The van der Waals surface area contributed by atoms with Crippen LogP contribution in [0.25, 0.3) is 0 Å². The van der Waals surface area contributed by atoms with Crippen LogP contribution in [0.1, 0.15) is 56.4 Å². The van der Waals surface area contributed by atoms with E-state index in [4.69, 9.17) is 14.2 Å². The molecule has 6 rings (SSSR count). The van der Waals surface area contributed by atoms with Crippen molar-refractivity contribution >= 4 is 11.8 Å². The molecular formula is C24H30F2N2O5. The Morgan fingerprint density at radius 1 is 1.12 bits per heavy atom. The van der Waals surface area contributed by atoms with Crippen LogP contribution in [0.3, 0.4) is 0 Å². The van der Waals surface area contributed by atoms with Crippen molar-refractivity contribution in [1.29, 1.82) is 0 Å². The number of nitrogens with zero attached hydrogens (tertiary/aromatic N) is 1. The molecular weight excluding hydrogens is 434 g/mol. The van der Waals surface area contributed by atoms with Crippen molar-refractivity contribution in [3.8, 4) is 5.75 Å².